The second-order valence-electron chi connectivity index (χ2n) is 7.65. The summed E-state index contributed by atoms with van der Waals surface area (Å²) in [5.41, 5.74) is 4.32. The molecule has 0 aromatic carbocycles. The van der Waals surface area contributed by atoms with Crippen molar-refractivity contribution in [1.82, 2.24) is 14.9 Å². The summed E-state index contributed by atoms with van der Waals surface area (Å²) in [5.74, 6) is -0.170. The molecule has 1 N–H and O–H groups in total. The minimum Gasteiger partial charge on any atom is -0.465 e. The Morgan fingerprint density at radius 2 is 1.96 bits per heavy atom. The number of nitrogens with one attached hydrogen (secondary N) is 1. The number of nitrogens with zero attached hydrogens (tertiary/aromatic N) is 2. The van der Waals surface area contributed by atoms with E-state index < -0.39 is 0 Å². The van der Waals surface area contributed by atoms with Gasteiger partial charge in [-0.3, -0.25) is 9.78 Å². The van der Waals surface area contributed by atoms with Crippen LogP contribution in [-0.4, -0.2) is 40.9 Å². The summed E-state index contributed by atoms with van der Waals surface area (Å²) in [6.07, 6.45) is 5.94. The lowest BCUT2D eigenvalue weighted by Gasteiger charge is -2.18. The molecule has 0 bridgehead atoms. The van der Waals surface area contributed by atoms with Crippen LogP contribution in [0.1, 0.15) is 51.8 Å². The first kappa shape index (κ1) is 21.7. The number of aromatic nitrogens is 2. The van der Waals surface area contributed by atoms with Crippen molar-refractivity contribution in [3.8, 4) is 0 Å². The molecular formula is C21H31N3O4. The summed E-state index contributed by atoms with van der Waals surface area (Å²) in [6.45, 7) is 8.03. The van der Waals surface area contributed by atoms with Crippen molar-refractivity contribution in [2.45, 2.75) is 65.5 Å². The van der Waals surface area contributed by atoms with Gasteiger partial charge in [-0.05, 0) is 71.1 Å². The third-order valence-electron chi connectivity index (χ3n) is 4.32. The maximum absolute atomic E-state index is 11.8. The number of carbonyl (C=O) groups is 2. The van der Waals surface area contributed by atoms with E-state index in [1.54, 1.807) is 0 Å². The van der Waals surface area contributed by atoms with Crippen molar-refractivity contribution < 1.29 is 19.1 Å². The summed E-state index contributed by atoms with van der Waals surface area (Å²) in [5, 5.41) is 2.36. The monoisotopic (exact) mass is 389 g/mol. The van der Waals surface area contributed by atoms with E-state index in [0.29, 0.717) is 13.2 Å². The topological polar surface area (TPSA) is 82.5 Å². The summed E-state index contributed by atoms with van der Waals surface area (Å²) in [6, 6.07) is 3.97. The molecule has 1 amide bonds. The van der Waals surface area contributed by atoms with Crippen molar-refractivity contribution in [2.24, 2.45) is 0 Å². The largest absolute Gasteiger partial charge is 0.465 e. The highest BCUT2D eigenvalue weighted by Gasteiger charge is 2.22. The van der Waals surface area contributed by atoms with E-state index in [2.05, 4.69) is 14.9 Å². The molecule has 28 heavy (non-hydrogen) atoms. The quantitative estimate of drug-likeness (QED) is 0.811. The molecule has 3 rings (SSSR count). The number of alkyl carbamates (subject to hydrolysis) is 1. The summed E-state index contributed by atoms with van der Waals surface area (Å²) >= 11 is 0. The normalized spacial score (nSPS) is 13.2. The summed E-state index contributed by atoms with van der Waals surface area (Å²) in [4.78, 5) is 26.8. The number of aryl methyl sites for hydroxylation is 1. The van der Waals surface area contributed by atoms with Crippen LogP contribution in [0.25, 0.3) is 11.0 Å². The van der Waals surface area contributed by atoms with E-state index >= 15 is 0 Å². The highest BCUT2D eigenvalue weighted by Crippen LogP contribution is 2.30. The molecule has 0 saturated heterocycles. The van der Waals surface area contributed by atoms with Crippen LogP contribution in [0.4, 0.5) is 4.79 Å². The molecule has 2 aromatic heterocycles. The van der Waals surface area contributed by atoms with Gasteiger partial charge in [0.05, 0.1) is 17.6 Å². The third-order valence-corrected chi connectivity index (χ3v) is 4.32. The lowest BCUT2D eigenvalue weighted by atomic mass is 9.97. The fourth-order valence-electron chi connectivity index (χ4n) is 3.28. The van der Waals surface area contributed by atoms with Crippen LogP contribution in [0.5, 0.6) is 0 Å². The first-order valence-electron chi connectivity index (χ1n) is 9.78. The van der Waals surface area contributed by atoms with Gasteiger partial charge in [-0.1, -0.05) is 0 Å². The van der Waals surface area contributed by atoms with E-state index in [1.165, 1.54) is 31.1 Å². The third kappa shape index (κ3) is 5.71. The van der Waals surface area contributed by atoms with Crippen molar-refractivity contribution in [3.05, 3.63) is 29.6 Å². The van der Waals surface area contributed by atoms with Gasteiger partial charge in [-0.25, -0.2) is 4.79 Å². The van der Waals surface area contributed by atoms with Gasteiger partial charge in [0.2, 0.25) is 0 Å². The second kappa shape index (κ2) is 9.57. The van der Waals surface area contributed by atoms with Crippen molar-refractivity contribution in [1.29, 1.82) is 0 Å². The molecule has 7 nitrogen and oxygen atoms in total. The van der Waals surface area contributed by atoms with Gasteiger partial charge in [0.15, 0.2) is 0 Å². The Hall–Kier alpha value is -2.57. The molecule has 1 aliphatic rings. The molecule has 0 aliphatic heterocycles. The van der Waals surface area contributed by atoms with Gasteiger partial charge in [0.25, 0.3) is 0 Å². The minimum atomic E-state index is -0.389. The average molecular weight is 389 g/mol. The SMILES string of the molecule is CCOC(=O)Cn1c2c(c3ncccc31)CCCC2.CNC(=O)OC(C)(C)C. The van der Waals surface area contributed by atoms with Crippen LogP contribution in [0.3, 0.4) is 0 Å². The predicted molar refractivity (Wildman–Crippen MR) is 108 cm³/mol. The lowest BCUT2D eigenvalue weighted by molar-refractivity contribution is -0.143. The predicted octanol–water partition coefficient (Wildman–Crippen LogP) is 3.62. The first-order valence-corrected chi connectivity index (χ1v) is 9.78. The van der Waals surface area contributed by atoms with Gasteiger partial charge < -0.3 is 19.4 Å². The van der Waals surface area contributed by atoms with Gasteiger partial charge in [0, 0.05) is 18.9 Å². The fourth-order valence-corrected chi connectivity index (χ4v) is 3.28. The van der Waals surface area contributed by atoms with Gasteiger partial charge in [0.1, 0.15) is 12.1 Å². The Balaban J connectivity index is 0.000000266. The Morgan fingerprint density at radius 1 is 1.25 bits per heavy atom. The van der Waals surface area contributed by atoms with Crippen molar-refractivity contribution in [3.63, 3.8) is 0 Å². The van der Waals surface area contributed by atoms with Crippen LogP contribution in [-0.2, 0) is 33.7 Å². The number of hydrogen-bond acceptors (Lipinski definition) is 5. The number of hydrogen-bond donors (Lipinski definition) is 1. The zero-order valence-corrected chi connectivity index (χ0v) is 17.5. The number of fused-ring (bicyclic) bond motifs is 3. The van der Waals surface area contributed by atoms with Crippen LogP contribution in [0.15, 0.2) is 18.3 Å². The van der Waals surface area contributed by atoms with Crippen molar-refractivity contribution >= 4 is 23.1 Å². The molecule has 2 heterocycles. The molecule has 154 valence electrons. The number of esters is 1. The van der Waals surface area contributed by atoms with Crippen LogP contribution in [0, 0.1) is 0 Å². The molecule has 0 radical (unpaired) electrons. The minimum absolute atomic E-state index is 0.170. The number of carbonyl (C=O) groups excluding carboxylic acids is 2. The van der Waals surface area contributed by atoms with Crippen LogP contribution < -0.4 is 5.32 Å². The van der Waals surface area contributed by atoms with E-state index in [-0.39, 0.29) is 17.7 Å². The molecule has 0 saturated carbocycles. The molecule has 0 fully saturated rings. The first-order chi connectivity index (χ1) is 13.3. The highest BCUT2D eigenvalue weighted by atomic mass is 16.6. The molecule has 0 atom stereocenters. The van der Waals surface area contributed by atoms with E-state index in [4.69, 9.17) is 9.47 Å². The maximum Gasteiger partial charge on any atom is 0.407 e. The van der Waals surface area contributed by atoms with Gasteiger partial charge >= 0.3 is 12.1 Å². The average Bonchev–Trinajstić information content (AvgIpc) is 2.95. The molecule has 1 aliphatic carbocycles. The Morgan fingerprint density at radius 3 is 2.57 bits per heavy atom. The zero-order chi connectivity index (χ0) is 20.7. The summed E-state index contributed by atoms with van der Waals surface area (Å²) in [7, 11) is 1.54. The van der Waals surface area contributed by atoms with E-state index in [0.717, 1.165) is 23.9 Å². The molecule has 2 aromatic rings. The Bertz CT molecular complexity index is 821. The standard InChI is InChI=1S/C15H18N2O2.C6H13NO2/c1-2-19-14(18)10-17-12-7-4-3-6-11(12)15-13(17)8-5-9-16-15;1-6(2,3)9-5(8)7-4/h5,8-9H,2-4,6-7,10H2,1H3;1-4H3,(H,7,8). The summed E-state index contributed by atoms with van der Waals surface area (Å²) < 4.78 is 12.0. The molecule has 0 spiro atoms. The maximum atomic E-state index is 11.8. The van der Waals surface area contributed by atoms with Crippen LogP contribution in [0.2, 0.25) is 0 Å². The molecule has 7 heteroatoms. The van der Waals surface area contributed by atoms with Crippen LogP contribution >= 0.6 is 0 Å². The number of pyridine rings is 1. The number of ether oxygens (including phenoxy) is 2. The zero-order valence-electron chi connectivity index (χ0n) is 17.5. The van der Waals surface area contributed by atoms with E-state index in [9.17, 15) is 9.59 Å². The Kier molecular flexibility index (Phi) is 7.43. The lowest BCUT2D eigenvalue weighted by Crippen LogP contribution is -2.30. The fraction of sp³-hybridized carbons (Fsp3) is 0.571. The highest BCUT2D eigenvalue weighted by molar-refractivity contribution is 5.83. The molecule has 0 unspecified atom stereocenters. The number of amides is 1. The molecular weight excluding hydrogens is 358 g/mol. The van der Waals surface area contributed by atoms with Crippen molar-refractivity contribution in [2.75, 3.05) is 13.7 Å². The smallest absolute Gasteiger partial charge is 0.407 e. The van der Waals surface area contributed by atoms with Gasteiger partial charge in [-0.2, -0.15) is 0 Å². The van der Waals surface area contributed by atoms with E-state index in [1.807, 2.05) is 46.0 Å². The number of rotatable bonds is 3. The Labute approximate surface area is 166 Å². The second-order valence-corrected chi connectivity index (χ2v) is 7.65. The van der Waals surface area contributed by atoms with Gasteiger partial charge in [-0.15, -0.1) is 0 Å².